The lowest BCUT2D eigenvalue weighted by Crippen LogP contribution is -2.59. The maximum absolute atomic E-state index is 13.7. The molecule has 0 saturated heterocycles. The highest BCUT2D eigenvalue weighted by Crippen LogP contribution is 2.32. The van der Waals surface area contributed by atoms with E-state index < -0.39 is 5.66 Å². The standard InChI is InChI=1S/C20H17ClFN7/c1-20(12-3-2-4-13(22)7-12)26-9-17-16(21)8-14(10-29(17)28-20)27-19-15-5-6-23-18(15)24-11-25-19/h2-11,26,28H,1H3,(H2,23,24,25,27). The second kappa shape index (κ2) is 6.61. The molecule has 0 spiro atoms. The van der Waals surface area contributed by atoms with Crippen LogP contribution in [-0.2, 0) is 5.66 Å². The minimum Gasteiger partial charge on any atom is -0.367 e. The molecule has 7 nitrogen and oxygen atoms in total. The van der Waals surface area contributed by atoms with Gasteiger partial charge in [0.1, 0.15) is 29.3 Å². The highest BCUT2D eigenvalue weighted by Gasteiger charge is 2.34. The van der Waals surface area contributed by atoms with Crippen molar-refractivity contribution in [3.05, 3.63) is 89.1 Å². The quantitative estimate of drug-likeness (QED) is 0.529. The Bertz CT molecular complexity index is 1200. The van der Waals surface area contributed by atoms with Crippen molar-refractivity contribution in [2.75, 3.05) is 5.32 Å². The van der Waals surface area contributed by atoms with Crippen LogP contribution in [0.15, 0.2) is 77.8 Å². The second-order valence-electron chi connectivity index (χ2n) is 6.96. The first kappa shape index (κ1) is 17.7. The number of benzene rings is 1. The summed E-state index contributed by atoms with van der Waals surface area (Å²) in [5, 5.41) is 9.78. The molecule has 0 fully saturated rings. The molecule has 2 aromatic heterocycles. The third-order valence-corrected chi connectivity index (χ3v) is 5.22. The summed E-state index contributed by atoms with van der Waals surface area (Å²) in [6.45, 7) is 1.93. The van der Waals surface area contributed by atoms with Gasteiger partial charge in [-0.15, -0.1) is 0 Å². The predicted octanol–water partition coefficient (Wildman–Crippen LogP) is 3.61. The first-order chi connectivity index (χ1) is 14.0. The highest BCUT2D eigenvalue weighted by atomic mass is 35.5. The summed E-state index contributed by atoms with van der Waals surface area (Å²) in [6, 6.07) is 8.36. The van der Waals surface area contributed by atoms with Crippen LogP contribution in [0.5, 0.6) is 0 Å². The van der Waals surface area contributed by atoms with E-state index in [1.165, 1.54) is 18.5 Å². The first-order valence-corrected chi connectivity index (χ1v) is 9.35. The van der Waals surface area contributed by atoms with Crippen LogP contribution >= 0.6 is 11.6 Å². The highest BCUT2D eigenvalue weighted by molar-refractivity contribution is 6.32. The van der Waals surface area contributed by atoms with E-state index in [0.29, 0.717) is 10.9 Å². The van der Waals surface area contributed by atoms with E-state index in [9.17, 15) is 4.39 Å². The Kier molecular flexibility index (Phi) is 4.04. The van der Waals surface area contributed by atoms with Crippen LogP contribution in [0, 0.1) is 5.82 Å². The molecular formula is C20H17ClFN7. The Hall–Kier alpha value is -3.36. The molecule has 0 radical (unpaired) electrons. The number of hydrazine groups is 1. The Morgan fingerprint density at radius 2 is 2.14 bits per heavy atom. The number of hydrogen-bond donors (Lipinski definition) is 4. The maximum atomic E-state index is 13.7. The van der Waals surface area contributed by atoms with Crippen LogP contribution in [0.25, 0.3) is 11.0 Å². The van der Waals surface area contributed by atoms with Gasteiger partial charge in [0.25, 0.3) is 0 Å². The normalized spacial score (nSPS) is 21.1. The van der Waals surface area contributed by atoms with Gasteiger partial charge in [-0.2, -0.15) is 0 Å². The fourth-order valence-corrected chi connectivity index (χ4v) is 3.68. The third kappa shape index (κ3) is 3.12. The van der Waals surface area contributed by atoms with Gasteiger partial charge in [-0.25, -0.2) is 19.8 Å². The molecule has 9 heteroatoms. The fraction of sp³-hybridized carbons (Fsp3) is 0.100. The summed E-state index contributed by atoms with van der Waals surface area (Å²) in [5.74, 6) is 0.370. The summed E-state index contributed by atoms with van der Waals surface area (Å²) in [5.41, 5.74) is 5.63. The molecule has 1 aromatic carbocycles. The Labute approximate surface area is 171 Å². The summed E-state index contributed by atoms with van der Waals surface area (Å²) in [4.78, 5) is 11.6. The zero-order valence-corrected chi connectivity index (χ0v) is 16.1. The molecule has 146 valence electrons. The van der Waals surface area contributed by atoms with Gasteiger partial charge >= 0.3 is 0 Å². The Morgan fingerprint density at radius 3 is 3.00 bits per heavy atom. The topological polar surface area (TPSA) is 80.9 Å². The van der Waals surface area contributed by atoms with Gasteiger partial charge in [0.2, 0.25) is 0 Å². The number of fused-ring (bicyclic) bond motifs is 2. The summed E-state index contributed by atoms with van der Waals surface area (Å²) < 4.78 is 13.7. The molecule has 0 bridgehead atoms. The molecule has 1 atom stereocenters. The average Bonchev–Trinajstić information content (AvgIpc) is 3.18. The first-order valence-electron chi connectivity index (χ1n) is 8.97. The third-order valence-electron chi connectivity index (χ3n) is 4.91. The lowest BCUT2D eigenvalue weighted by atomic mass is 10.0. The Morgan fingerprint density at radius 1 is 1.24 bits per heavy atom. The molecule has 5 rings (SSSR count). The van der Waals surface area contributed by atoms with Crippen molar-refractivity contribution in [2.45, 2.75) is 12.6 Å². The van der Waals surface area contributed by atoms with Crippen LogP contribution in [0.4, 0.5) is 10.2 Å². The Balaban J connectivity index is 1.47. The predicted molar refractivity (Wildman–Crippen MR) is 109 cm³/mol. The van der Waals surface area contributed by atoms with Crippen molar-refractivity contribution >= 4 is 28.5 Å². The molecule has 0 aliphatic carbocycles. The summed E-state index contributed by atoms with van der Waals surface area (Å²) >= 11 is 6.50. The van der Waals surface area contributed by atoms with Crippen molar-refractivity contribution in [1.82, 2.24) is 30.7 Å². The van der Waals surface area contributed by atoms with Crippen LogP contribution in [0.3, 0.4) is 0 Å². The van der Waals surface area contributed by atoms with Crippen molar-refractivity contribution in [2.24, 2.45) is 0 Å². The molecule has 0 amide bonds. The van der Waals surface area contributed by atoms with Gasteiger partial charge in [-0.1, -0.05) is 23.7 Å². The van der Waals surface area contributed by atoms with Gasteiger partial charge in [0.15, 0.2) is 0 Å². The second-order valence-corrected chi connectivity index (χ2v) is 7.36. The maximum Gasteiger partial charge on any atom is 0.143 e. The monoisotopic (exact) mass is 409 g/mol. The van der Waals surface area contributed by atoms with Gasteiger partial charge < -0.3 is 15.6 Å². The molecule has 0 saturated carbocycles. The van der Waals surface area contributed by atoms with Crippen LogP contribution in [0.1, 0.15) is 12.5 Å². The number of anilines is 1. The van der Waals surface area contributed by atoms with E-state index in [4.69, 9.17) is 11.6 Å². The van der Waals surface area contributed by atoms with Gasteiger partial charge in [-0.3, -0.25) is 5.01 Å². The lowest BCUT2D eigenvalue weighted by Gasteiger charge is -2.43. The van der Waals surface area contributed by atoms with Gasteiger partial charge in [0.05, 0.1) is 21.8 Å². The number of aromatic amines is 1. The molecule has 4 N–H and O–H groups in total. The number of nitrogens with zero attached hydrogens (tertiary/aromatic N) is 3. The average molecular weight is 410 g/mol. The lowest BCUT2D eigenvalue weighted by molar-refractivity contribution is 0.158. The van der Waals surface area contributed by atoms with E-state index in [1.807, 2.05) is 48.7 Å². The van der Waals surface area contributed by atoms with E-state index in [0.717, 1.165) is 28.0 Å². The molecule has 1 unspecified atom stereocenters. The molecule has 2 aliphatic heterocycles. The van der Waals surface area contributed by atoms with E-state index in [1.54, 1.807) is 6.07 Å². The SMILES string of the molecule is CC1(c2cccc(F)c2)NC=C2C(Cl)=CC(Nc3ncnc4[nH]ccc34)=CN2N1. The molecule has 29 heavy (non-hydrogen) atoms. The fourth-order valence-electron chi connectivity index (χ4n) is 3.41. The van der Waals surface area contributed by atoms with Crippen molar-refractivity contribution in [3.8, 4) is 0 Å². The van der Waals surface area contributed by atoms with Crippen molar-refractivity contribution in [3.63, 3.8) is 0 Å². The minimum absolute atomic E-state index is 0.296. The van der Waals surface area contributed by atoms with Crippen LogP contribution in [-0.4, -0.2) is 20.0 Å². The summed E-state index contributed by atoms with van der Waals surface area (Å²) in [7, 11) is 0. The number of H-pyrrole nitrogens is 1. The molecule has 2 aliphatic rings. The number of halogens is 2. The molecule has 3 aromatic rings. The minimum atomic E-state index is -0.718. The van der Waals surface area contributed by atoms with Gasteiger partial charge in [0, 0.05) is 18.6 Å². The van der Waals surface area contributed by atoms with Crippen molar-refractivity contribution in [1.29, 1.82) is 0 Å². The number of aromatic nitrogens is 3. The smallest absolute Gasteiger partial charge is 0.143 e. The zero-order chi connectivity index (χ0) is 20.0. The number of hydrogen-bond acceptors (Lipinski definition) is 6. The van der Waals surface area contributed by atoms with Gasteiger partial charge in [-0.05, 0) is 36.8 Å². The zero-order valence-electron chi connectivity index (χ0n) is 15.4. The summed E-state index contributed by atoms with van der Waals surface area (Å²) in [6.07, 6.45) is 8.80. The van der Waals surface area contributed by atoms with E-state index in [-0.39, 0.29) is 5.82 Å². The molecule has 4 heterocycles. The number of nitrogens with one attached hydrogen (secondary N) is 4. The van der Waals surface area contributed by atoms with Crippen LogP contribution < -0.4 is 16.1 Å². The van der Waals surface area contributed by atoms with E-state index >= 15 is 0 Å². The van der Waals surface area contributed by atoms with Crippen LogP contribution in [0.2, 0.25) is 0 Å². The largest absolute Gasteiger partial charge is 0.367 e. The number of allylic oxidation sites excluding steroid dienone is 2. The van der Waals surface area contributed by atoms with Crippen molar-refractivity contribution < 1.29 is 4.39 Å². The molecular weight excluding hydrogens is 393 g/mol. The van der Waals surface area contributed by atoms with E-state index in [2.05, 4.69) is 31.0 Å². The number of rotatable bonds is 3.